The summed E-state index contributed by atoms with van der Waals surface area (Å²) < 4.78 is 0. The molecule has 0 fully saturated rings. The summed E-state index contributed by atoms with van der Waals surface area (Å²) in [6, 6.07) is 28.4. The van der Waals surface area contributed by atoms with Gasteiger partial charge < -0.3 is 0 Å². The highest BCUT2D eigenvalue weighted by Crippen LogP contribution is 2.31. The Kier molecular flexibility index (Phi) is 6.33. The Labute approximate surface area is 165 Å². The molecule has 0 aliphatic heterocycles. The molecule has 0 amide bonds. The molecule has 0 aromatic heterocycles. The Hall–Kier alpha value is -2.28. The summed E-state index contributed by atoms with van der Waals surface area (Å²) in [7, 11) is 0. The Morgan fingerprint density at radius 2 is 1.08 bits per heavy atom. The number of benzene rings is 3. The minimum atomic E-state index is -0.0176. The monoisotopic (exact) mass is 378 g/mol. The van der Waals surface area contributed by atoms with Crippen LogP contribution < -0.4 is 0 Å². The number of halogens is 2. The zero-order valence-corrected chi connectivity index (χ0v) is 16.1. The molecule has 0 aliphatic rings. The van der Waals surface area contributed by atoms with Crippen molar-refractivity contribution < 1.29 is 0 Å². The molecule has 1 unspecified atom stereocenters. The van der Waals surface area contributed by atoms with E-state index in [1.54, 1.807) is 0 Å². The smallest absolute Gasteiger partial charge is 0.0447 e. The molecule has 1 atom stereocenters. The lowest BCUT2D eigenvalue weighted by Crippen LogP contribution is -1.94. The van der Waals surface area contributed by atoms with Crippen LogP contribution in [0.4, 0.5) is 0 Å². The van der Waals surface area contributed by atoms with Gasteiger partial charge in [0.15, 0.2) is 0 Å². The van der Waals surface area contributed by atoms with Gasteiger partial charge in [-0.3, -0.25) is 0 Å². The van der Waals surface area contributed by atoms with Crippen LogP contribution in [0.3, 0.4) is 0 Å². The summed E-state index contributed by atoms with van der Waals surface area (Å²) in [5.74, 6) is -0.0176. The van der Waals surface area contributed by atoms with E-state index in [4.69, 9.17) is 23.2 Å². The molecule has 0 nitrogen and oxygen atoms in total. The molecular weight excluding hydrogens is 359 g/mol. The second-order valence-corrected chi connectivity index (χ2v) is 7.01. The predicted molar refractivity (Wildman–Crippen MR) is 114 cm³/mol. The molecule has 26 heavy (non-hydrogen) atoms. The van der Waals surface area contributed by atoms with E-state index in [-0.39, 0.29) is 5.92 Å². The summed E-state index contributed by atoms with van der Waals surface area (Å²) in [6.07, 6.45) is 4.10. The van der Waals surface area contributed by atoms with E-state index in [1.165, 1.54) is 5.56 Å². The van der Waals surface area contributed by atoms with Gasteiger partial charge in [-0.1, -0.05) is 126 Å². The molecule has 0 radical (unpaired) electrons. The maximum atomic E-state index is 6.60. The average Bonchev–Trinajstić information content (AvgIpc) is 2.69. The molecule has 3 rings (SSSR count). The molecular formula is C24H20Cl2. The molecule has 2 heteroatoms. The molecule has 0 N–H and O–H groups in total. The van der Waals surface area contributed by atoms with Gasteiger partial charge in [0.1, 0.15) is 0 Å². The van der Waals surface area contributed by atoms with Crippen LogP contribution in [0, 0.1) is 6.92 Å². The summed E-state index contributed by atoms with van der Waals surface area (Å²) in [4.78, 5) is 0. The van der Waals surface area contributed by atoms with Crippen molar-refractivity contribution in [3.8, 4) is 0 Å². The standard InChI is InChI=1S/C24H20Cl2/c1-18-12-14-19(15-13-18)22(16-23(25)20-8-4-2-5-9-20)17-24(26)21-10-6-3-7-11-21/h2-17,22H,1H3/b23-16-,24-17+. The molecule has 0 heterocycles. The quantitative estimate of drug-likeness (QED) is 0.427. The van der Waals surface area contributed by atoms with Gasteiger partial charge in [-0.2, -0.15) is 0 Å². The molecule has 130 valence electrons. The third-order valence-corrected chi connectivity index (χ3v) is 4.90. The SMILES string of the molecule is Cc1ccc(C(/C=C(\Cl)c2ccccc2)/C=C(/Cl)c2ccccc2)cc1. The topological polar surface area (TPSA) is 0 Å². The van der Waals surface area contributed by atoms with E-state index in [2.05, 4.69) is 31.2 Å². The van der Waals surface area contributed by atoms with Gasteiger partial charge in [0.25, 0.3) is 0 Å². The Morgan fingerprint density at radius 3 is 1.50 bits per heavy atom. The van der Waals surface area contributed by atoms with Gasteiger partial charge in [-0.15, -0.1) is 0 Å². The summed E-state index contributed by atoms with van der Waals surface area (Å²) in [5.41, 5.74) is 4.37. The van der Waals surface area contributed by atoms with Crippen molar-refractivity contribution in [2.24, 2.45) is 0 Å². The minimum Gasteiger partial charge on any atom is -0.0840 e. The van der Waals surface area contributed by atoms with Crippen LogP contribution in [0.5, 0.6) is 0 Å². The third kappa shape index (κ3) is 4.88. The van der Waals surface area contributed by atoms with Crippen molar-refractivity contribution in [3.63, 3.8) is 0 Å². The second kappa shape index (κ2) is 8.89. The largest absolute Gasteiger partial charge is 0.0840 e. The van der Waals surface area contributed by atoms with Crippen molar-refractivity contribution >= 4 is 33.3 Å². The first-order valence-electron chi connectivity index (χ1n) is 8.55. The van der Waals surface area contributed by atoms with Crippen LogP contribution in [0.25, 0.3) is 10.1 Å². The molecule has 0 aliphatic carbocycles. The van der Waals surface area contributed by atoms with Crippen LogP contribution >= 0.6 is 23.2 Å². The highest BCUT2D eigenvalue weighted by Gasteiger charge is 2.10. The maximum Gasteiger partial charge on any atom is 0.0447 e. The van der Waals surface area contributed by atoms with E-state index in [0.29, 0.717) is 10.1 Å². The van der Waals surface area contributed by atoms with E-state index in [1.807, 2.05) is 72.8 Å². The fourth-order valence-corrected chi connectivity index (χ4v) is 3.26. The summed E-state index contributed by atoms with van der Waals surface area (Å²) in [5, 5.41) is 1.43. The summed E-state index contributed by atoms with van der Waals surface area (Å²) >= 11 is 13.2. The lowest BCUT2D eigenvalue weighted by Gasteiger charge is -2.12. The Balaban J connectivity index is 2.01. The Morgan fingerprint density at radius 1 is 0.654 bits per heavy atom. The number of allylic oxidation sites excluding steroid dienone is 2. The van der Waals surface area contributed by atoms with E-state index in [0.717, 1.165) is 16.7 Å². The fraction of sp³-hybridized carbons (Fsp3) is 0.0833. The third-order valence-electron chi connectivity index (χ3n) is 4.21. The highest BCUT2D eigenvalue weighted by molar-refractivity contribution is 6.49. The molecule has 0 bridgehead atoms. The van der Waals surface area contributed by atoms with Crippen molar-refractivity contribution in [3.05, 3.63) is 119 Å². The number of hydrogen-bond acceptors (Lipinski definition) is 0. The van der Waals surface area contributed by atoms with Gasteiger partial charge >= 0.3 is 0 Å². The van der Waals surface area contributed by atoms with Crippen LogP contribution in [0.1, 0.15) is 28.2 Å². The van der Waals surface area contributed by atoms with Crippen molar-refractivity contribution in [2.45, 2.75) is 12.8 Å². The van der Waals surface area contributed by atoms with Gasteiger partial charge in [-0.05, 0) is 23.6 Å². The van der Waals surface area contributed by atoms with Crippen molar-refractivity contribution in [1.82, 2.24) is 0 Å². The number of rotatable bonds is 5. The molecule has 0 saturated carbocycles. The van der Waals surface area contributed by atoms with Gasteiger partial charge in [0, 0.05) is 16.0 Å². The lowest BCUT2D eigenvalue weighted by atomic mass is 9.95. The first-order valence-corrected chi connectivity index (χ1v) is 9.31. The first kappa shape index (κ1) is 18.5. The zero-order valence-electron chi connectivity index (χ0n) is 14.6. The Bertz CT molecular complexity index is 836. The van der Waals surface area contributed by atoms with E-state index in [9.17, 15) is 0 Å². The molecule has 0 spiro atoms. The van der Waals surface area contributed by atoms with E-state index < -0.39 is 0 Å². The molecule has 3 aromatic rings. The van der Waals surface area contributed by atoms with Gasteiger partial charge in [0.2, 0.25) is 0 Å². The lowest BCUT2D eigenvalue weighted by molar-refractivity contribution is 1.09. The fourth-order valence-electron chi connectivity index (χ4n) is 2.73. The zero-order chi connectivity index (χ0) is 18.4. The number of hydrogen-bond donors (Lipinski definition) is 0. The normalized spacial score (nSPS) is 13.5. The van der Waals surface area contributed by atoms with Crippen LogP contribution in [0.2, 0.25) is 0 Å². The minimum absolute atomic E-state index is 0.0176. The van der Waals surface area contributed by atoms with Crippen LogP contribution in [0.15, 0.2) is 97.1 Å². The number of aryl methyl sites for hydroxylation is 1. The van der Waals surface area contributed by atoms with Gasteiger partial charge in [0.05, 0.1) is 0 Å². The van der Waals surface area contributed by atoms with Crippen LogP contribution in [-0.2, 0) is 0 Å². The van der Waals surface area contributed by atoms with Gasteiger partial charge in [-0.25, -0.2) is 0 Å². The predicted octanol–water partition coefficient (Wildman–Crippen LogP) is 7.64. The van der Waals surface area contributed by atoms with Crippen molar-refractivity contribution in [1.29, 1.82) is 0 Å². The maximum absolute atomic E-state index is 6.60. The van der Waals surface area contributed by atoms with E-state index >= 15 is 0 Å². The summed E-state index contributed by atoms with van der Waals surface area (Å²) in [6.45, 7) is 2.08. The average molecular weight is 379 g/mol. The highest BCUT2D eigenvalue weighted by atomic mass is 35.5. The van der Waals surface area contributed by atoms with Crippen LogP contribution in [-0.4, -0.2) is 0 Å². The molecule has 3 aromatic carbocycles. The second-order valence-electron chi connectivity index (χ2n) is 6.20. The first-order chi connectivity index (χ1) is 12.6. The molecule has 0 saturated heterocycles. The van der Waals surface area contributed by atoms with Crippen molar-refractivity contribution in [2.75, 3.05) is 0 Å².